The van der Waals surface area contributed by atoms with Crippen LogP contribution in [0.4, 0.5) is 18.9 Å². The van der Waals surface area contributed by atoms with Gasteiger partial charge in [-0.15, -0.1) is 0 Å². The molecule has 28 heavy (non-hydrogen) atoms. The number of anilines is 1. The average Bonchev–Trinajstić information content (AvgIpc) is 3.08. The van der Waals surface area contributed by atoms with Crippen LogP contribution in [0.5, 0.6) is 0 Å². The van der Waals surface area contributed by atoms with Crippen LogP contribution in [-0.2, 0) is 22.4 Å². The summed E-state index contributed by atoms with van der Waals surface area (Å²) in [5.41, 5.74) is 5.66. The third-order valence-corrected chi connectivity index (χ3v) is 4.68. The van der Waals surface area contributed by atoms with Crippen molar-refractivity contribution < 1.29 is 27.5 Å². The summed E-state index contributed by atoms with van der Waals surface area (Å²) >= 11 is 9.26. The number of halogens is 5. The van der Waals surface area contributed by atoms with Crippen molar-refractivity contribution in [3.05, 3.63) is 57.9 Å². The second-order valence-corrected chi connectivity index (χ2v) is 7.13. The van der Waals surface area contributed by atoms with Crippen molar-refractivity contribution in [2.75, 3.05) is 5.73 Å². The maximum atomic E-state index is 12.6. The van der Waals surface area contributed by atoms with E-state index in [0.717, 1.165) is 12.1 Å². The van der Waals surface area contributed by atoms with Gasteiger partial charge in [0.1, 0.15) is 11.2 Å². The molecule has 0 saturated heterocycles. The standard InChI is InChI=1S/C17H12BrClF3N3O3/c18-13-6-12(28-25-13)11-5-10(23)14(19)15(24-11)16(26)27-7-8-1-3-9(4-2-8)17(20,21)22/h1-5,12H,6-7H2,(H2,23,24). The van der Waals surface area contributed by atoms with Crippen LogP contribution in [0.2, 0.25) is 5.02 Å². The zero-order chi connectivity index (χ0) is 20.5. The monoisotopic (exact) mass is 477 g/mol. The molecule has 6 nitrogen and oxygen atoms in total. The van der Waals surface area contributed by atoms with Gasteiger partial charge in [0.15, 0.2) is 11.8 Å². The number of hydrogen-bond acceptors (Lipinski definition) is 6. The van der Waals surface area contributed by atoms with Gasteiger partial charge in [0.25, 0.3) is 0 Å². The summed E-state index contributed by atoms with van der Waals surface area (Å²) in [6.07, 6.45) is -4.56. The molecular weight excluding hydrogens is 467 g/mol. The van der Waals surface area contributed by atoms with E-state index in [9.17, 15) is 18.0 Å². The van der Waals surface area contributed by atoms with Crippen LogP contribution < -0.4 is 5.73 Å². The summed E-state index contributed by atoms with van der Waals surface area (Å²) in [7, 11) is 0. The molecule has 2 N–H and O–H groups in total. The number of nitrogens with zero attached hydrogens (tertiary/aromatic N) is 2. The van der Waals surface area contributed by atoms with Gasteiger partial charge in [0, 0.05) is 6.42 Å². The number of alkyl halides is 3. The predicted octanol–water partition coefficient (Wildman–Crippen LogP) is 4.86. The van der Waals surface area contributed by atoms with Crippen molar-refractivity contribution >= 4 is 43.8 Å². The molecule has 11 heteroatoms. The lowest BCUT2D eigenvalue weighted by atomic mass is 10.1. The number of pyridine rings is 1. The number of nitrogen functional groups attached to an aromatic ring is 1. The third-order valence-electron chi connectivity index (χ3n) is 3.81. The summed E-state index contributed by atoms with van der Waals surface area (Å²) in [4.78, 5) is 21.7. The highest BCUT2D eigenvalue weighted by atomic mass is 79.9. The Hall–Kier alpha value is -2.33. The largest absolute Gasteiger partial charge is 0.456 e. The minimum absolute atomic E-state index is 0.0841. The smallest absolute Gasteiger partial charge is 0.416 e. The number of esters is 1. The molecule has 2 aromatic rings. The van der Waals surface area contributed by atoms with Gasteiger partial charge in [-0.1, -0.05) is 28.9 Å². The fraction of sp³-hybridized carbons (Fsp3) is 0.235. The van der Waals surface area contributed by atoms with Crippen molar-refractivity contribution in [1.29, 1.82) is 0 Å². The molecule has 0 aliphatic carbocycles. The van der Waals surface area contributed by atoms with E-state index in [2.05, 4.69) is 26.1 Å². The van der Waals surface area contributed by atoms with Gasteiger partial charge in [-0.2, -0.15) is 13.2 Å². The number of hydrogen-bond donors (Lipinski definition) is 1. The number of aromatic nitrogens is 1. The Kier molecular flexibility index (Phi) is 5.80. The quantitative estimate of drug-likeness (QED) is 0.634. The Morgan fingerprint density at radius 2 is 2.04 bits per heavy atom. The molecule has 148 valence electrons. The molecule has 0 amide bonds. The van der Waals surface area contributed by atoms with E-state index in [1.54, 1.807) is 0 Å². The predicted molar refractivity (Wildman–Crippen MR) is 99.0 cm³/mol. The van der Waals surface area contributed by atoms with Crippen LogP contribution in [0.3, 0.4) is 0 Å². The van der Waals surface area contributed by atoms with Crippen molar-refractivity contribution in [3.63, 3.8) is 0 Å². The fourth-order valence-corrected chi connectivity index (χ4v) is 2.94. The number of carbonyl (C=O) groups excluding carboxylic acids is 1. The van der Waals surface area contributed by atoms with E-state index in [0.29, 0.717) is 22.3 Å². The van der Waals surface area contributed by atoms with Crippen LogP contribution in [0.25, 0.3) is 0 Å². The average molecular weight is 479 g/mol. The first-order valence-electron chi connectivity index (χ1n) is 7.82. The maximum Gasteiger partial charge on any atom is 0.416 e. The number of oxime groups is 1. The highest BCUT2D eigenvalue weighted by Gasteiger charge is 2.30. The summed E-state index contributed by atoms with van der Waals surface area (Å²) in [5.74, 6) is -0.864. The van der Waals surface area contributed by atoms with Gasteiger partial charge in [-0.25, -0.2) is 9.78 Å². The molecule has 2 heterocycles. The van der Waals surface area contributed by atoms with E-state index < -0.39 is 23.8 Å². The number of benzene rings is 1. The first kappa shape index (κ1) is 20.4. The number of rotatable bonds is 4. The molecule has 1 aromatic heterocycles. The van der Waals surface area contributed by atoms with Crippen molar-refractivity contribution in [1.82, 2.24) is 4.98 Å². The Bertz CT molecular complexity index is 936. The van der Waals surface area contributed by atoms with Gasteiger partial charge in [-0.3, -0.25) is 0 Å². The van der Waals surface area contributed by atoms with Gasteiger partial charge < -0.3 is 15.3 Å². The molecule has 0 bridgehead atoms. The Balaban J connectivity index is 1.72. The minimum atomic E-state index is -4.44. The molecule has 1 aromatic carbocycles. The first-order valence-corrected chi connectivity index (χ1v) is 8.99. The molecule has 0 saturated carbocycles. The maximum absolute atomic E-state index is 12.6. The van der Waals surface area contributed by atoms with Gasteiger partial charge >= 0.3 is 12.1 Å². The molecule has 0 fully saturated rings. The topological polar surface area (TPSA) is 86.8 Å². The van der Waals surface area contributed by atoms with E-state index in [1.807, 2.05) is 0 Å². The van der Waals surface area contributed by atoms with E-state index in [4.69, 9.17) is 26.9 Å². The minimum Gasteiger partial charge on any atom is -0.456 e. The molecule has 1 unspecified atom stereocenters. The molecule has 1 aliphatic heterocycles. The second-order valence-electron chi connectivity index (χ2n) is 5.84. The highest BCUT2D eigenvalue weighted by molar-refractivity contribution is 9.18. The lowest BCUT2D eigenvalue weighted by molar-refractivity contribution is -0.137. The molecule has 0 radical (unpaired) electrons. The highest BCUT2D eigenvalue weighted by Crippen LogP contribution is 2.33. The third kappa shape index (κ3) is 4.56. The Morgan fingerprint density at radius 3 is 2.61 bits per heavy atom. The van der Waals surface area contributed by atoms with Gasteiger partial charge in [0.2, 0.25) is 0 Å². The number of ether oxygens (including phenoxy) is 1. The lowest BCUT2D eigenvalue weighted by Crippen LogP contribution is -2.13. The summed E-state index contributed by atoms with van der Waals surface area (Å²) in [6, 6.07) is 5.72. The van der Waals surface area contributed by atoms with Crippen molar-refractivity contribution in [2.45, 2.75) is 25.3 Å². The van der Waals surface area contributed by atoms with Crippen LogP contribution in [-0.4, -0.2) is 15.6 Å². The first-order chi connectivity index (χ1) is 13.1. The molecule has 1 atom stereocenters. The SMILES string of the molecule is Nc1cc(C2CC(Br)=NO2)nc(C(=O)OCc2ccc(C(F)(F)F)cc2)c1Cl. The normalized spacial score (nSPS) is 16.5. The second kappa shape index (κ2) is 7.96. The molecule has 3 rings (SSSR count). The van der Waals surface area contributed by atoms with Crippen molar-refractivity contribution in [2.24, 2.45) is 5.16 Å². The van der Waals surface area contributed by atoms with Gasteiger partial charge in [0.05, 0.1) is 22.0 Å². The lowest BCUT2D eigenvalue weighted by Gasteiger charge is -2.13. The summed E-state index contributed by atoms with van der Waals surface area (Å²) < 4.78 is 43.5. The number of carbonyl (C=O) groups is 1. The van der Waals surface area contributed by atoms with Crippen LogP contribution in [0.1, 0.15) is 39.8 Å². The van der Waals surface area contributed by atoms with E-state index >= 15 is 0 Å². The van der Waals surface area contributed by atoms with E-state index in [-0.39, 0.29) is 23.0 Å². The summed E-state index contributed by atoms with van der Waals surface area (Å²) in [6.45, 7) is -0.256. The fourth-order valence-electron chi connectivity index (χ4n) is 2.38. The Labute approximate surface area is 170 Å². The summed E-state index contributed by atoms with van der Waals surface area (Å²) in [5, 5.41) is 3.66. The van der Waals surface area contributed by atoms with E-state index in [1.165, 1.54) is 18.2 Å². The molecule has 1 aliphatic rings. The molecule has 0 spiro atoms. The number of nitrogens with two attached hydrogens (primary N) is 1. The van der Waals surface area contributed by atoms with Crippen LogP contribution >= 0.6 is 27.5 Å². The van der Waals surface area contributed by atoms with Crippen LogP contribution in [0.15, 0.2) is 35.5 Å². The molecular formula is C17H12BrClF3N3O3. The van der Waals surface area contributed by atoms with Gasteiger partial charge in [-0.05, 0) is 39.7 Å². The Morgan fingerprint density at radius 1 is 1.36 bits per heavy atom. The zero-order valence-corrected chi connectivity index (χ0v) is 16.3. The van der Waals surface area contributed by atoms with Crippen LogP contribution in [0, 0.1) is 0 Å². The zero-order valence-electron chi connectivity index (χ0n) is 14.0. The van der Waals surface area contributed by atoms with Crippen molar-refractivity contribution in [3.8, 4) is 0 Å².